The van der Waals surface area contributed by atoms with Gasteiger partial charge in [0.1, 0.15) is 0 Å². The van der Waals surface area contributed by atoms with E-state index in [1.165, 1.54) is 38.8 Å². The van der Waals surface area contributed by atoms with Gasteiger partial charge in [-0.25, -0.2) is 0 Å². The molecule has 16 heavy (non-hydrogen) atoms. The largest absolute Gasteiger partial charge is 0.312 e. The fraction of sp³-hybridized carbons (Fsp3) is 1.00. The van der Waals surface area contributed by atoms with Crippen molar-refractivity contribution in [1.82, 2.24) is 10.2 Å². The Morgan fingerprint density at radius 1 is 1.38 bits per heavy atom. The lowest BCUT2D eigenvalue weighted by Gasteiger charge is -2.44. The first kappa shape index (κ1) is 12.4. The van der Waals surface area contributed by atoms with Crippen LogP contribution in [0.2, 0.25) is 0 Å². The molecule has 2 aliphatic rings. The molecular formula is C14H28N2. The standard InChI is InChI=1S/C14H28N2/c1-5-13-11-10-14(2,3)7-6-12(11)15-8-9-16(13)4/h11-13,15H,5-10H2,1-4H3/t11-,12?,13+/m1/s1. The summed E-state index contributed by atoms with van der Waals surface area (Å²) < 4.78 is 0. The molecule has 1 unspecified atom stereocenters. The molecule has 2 heteroatoms. The minimum absolute atomic E-state index is 0.557. The van der Waals surface area contributed by atoms with Gasteiger partial charge >= 0.3 is 0 Å². The average Bonchev–Trinajstić information content (AvgIpc) is 2.35. The molecule has 1 N–H and O–H groups in total. The van der Waals surface area contributed by atoms with Gasteiger partial charge in [0.2, 0.25) is 0 Å². The molecule has 1 aliphatic heterocycles. The first-order valence-electron chi connectivity index (χ1n) is 6.97. The average molecular weight is 224 g/mol. The zero-order valence-corrected chi connectivity index (χ0v) is 11.4. The van der Waals surface area contributed by atoms with Gasteiger partial charge < -0.3 is 10.2 Å². The van der Waals surface area contributed by atoms with Crippen LogP contribution in [-0.4, -0.2) is 37.1 Å². The summed E-state index contributed by atoms with van der Waals surface area (Å²) in [5.74, 6) is 0.862. The van der Waals surface area contributed by atoms with Gasteiger partial charge in [-0.1, -0.05) is 20.8 Å². The normalized spacial score (nSPS) is 40.1. The fourth-order valence-corrected chi connectivity index (χ4v) is 3.83. The molecule has 0 bridgehead atoms. The molecule has 0 amide bonds. The predicted octanol–water partition coefficient (Wildman–Crippen LogP) is 2.49. The van der Waals surface area contributed by atoms with E-state index in [-0.39, 0.29) is 0 Å². The molecule has 2 nitrogen and oxygen atoms in total. The highest BCUT2D eigenvalue weighted by Crippen LogP contribution is 2.42. The number of likely N-dealkylation sites (N-methyl/N-ethyl adjacent to an activating group) is 1. The maximum Gasteiger partial charge on any atom is 0.0133 e. The van der Waals surface area contributed by atoms with Crippen molar-refractivity contribution in [3.05, 3.63) is 0 Å². The first-order chi connectivity index (χ1) is 7.53. The van der Waals surface area contributed by atoms with E-state index in [4.69, 9.17) is 0 Å². The van der Waals surface area contributed by atoms with E-state index in [9.17, 15) is 0 Å². The molecule has 1 saturated carbocycles. The molecule has 0 spiro atoms. The number of fused-ring (bicyclic) bond motifs is 1. The highest BCUT2D eigenvalue weighted by molar-refractivity contribution is 4.96. The minimum Gasteiger partial charge on any atom is -0.312 e. The second kappa shape index (κ2) is 4.66. The van der Waals surface area contributed by atoms with Crippen molar-refractivity contribution >= 4 is 0 Å². The van der Waals surface area contributed by atoms with Crippen molar-refractivity contribution < 1.29 is 0 Å². The van der Waals surface area contributed by atoms with Crippen LogP contribution in [0, 0.1) is 11.3 Å². The molecule has 94 valence electrons. The van der Waals surface area contributed by atoms with Crippen LogP contribution in [0.5, 0.6) is 0 Å². The fourth-order valence-electron chi connectivity index (χ4n) is 3.83. The molecule has 0 aromatic heterocycles. The Morgan fingerprint density at radius 3 is 2.81 bits per heavy atom. The second-order valence-corrected chi connectivity index (χ2v) is 6.59. The van der Waals surface area contributed by atoms with Gasteiger partial charge in [0.15, 0.2) is 0 Å². The maximum atomic E-state index is 3.77. The zero-order chi connectivity index (χ0) is 11.8. The molecule has 1 saturated heterocycles. The molecule has 0 aromatic rings. The molecule has 0 aromatic carbocycles. The van der Waals surface area contributed by atoms with Crippen LogP contribution in [0.15, 0.2) is 0 Å². The van der Waals surface area contributed by atoms with Crippen LogP contribution in [0.3, 0.4) is 0 Å². The maximum absolute atomic E-state index is 3.77. The summed E-state index contributed by atoms with van der Waals surface area (Å²) in [4.78, 5) is 2.58. The van der Waals surface area contributed by atoms with E-state index in [0.717, 1.165) is 18.0 Å². The lowest BCUT2D eigenvalue weighted by atomic mass is 9.67. The van der Waals surface area contributed by atoms with Gasteiger partial charge in [0.25, 0.3) is 0 Å². The number of hydrogen-bond donors (Lipinski definition) is 1. The van der Waals surface area contributed by atoms with E-state index in [1.54, 1.807) is 0 Å². The number of nitrogens with one attached hydrogen (secondary N) is 1. The monoisotopic (exact) mass is 224 g/mol. The third kappa shape index (κ3) is 2.43. The molecule has 1 heterocycles. The van der Waals surface area contributed by atoms with Crippen LogP contribution < -0.4 is 5.32 Å². The van der Waals surface area contributed by atoms with Crippen molar-refractivity contribution in [2.75, 3.05) is 20.1 Å². The van der Waals surface area contributed by atoms with Crippen molar-refractivity contribution in [2.24, 2.45) is 11.3 Å². The van der Waals surface area contributed by atoms with E-state index < -0.39 is 0 Å². The quantitative estimate of drug-likeness (QED) is 0.736. The Kier molecular flexibility index (Phi) is 3.60. The summed E-state index contributed by atoms with van der Waals surface area (Å²) in [6, 6.07) is 1.57. The van der Waals surface area contributed by atoms with E-state index in [1.807, 2.05) is 0 Å². The molecule has 1 aliphatic carbocycles. The van der Waals surface area contributed by atoms with E-state index in [2.05, 4.69) is 38.0 Å². The molecule has 2 fully saturated rings. The number of rotatable bonds is 1. The second-order valence-electron chi connectivity index (χ2n) is 6.59. The summed E-state index contributed by atoms with van der Waals surface area (Å²) in [7, 11) is 2.31. The molecule has 3 atom stereocenters. The van der Waals surface area contributed by atoms with Crippen LogP contribution in [-0.2, 0) is 0 Å². The van der Waals surface area contributed by atoms with E-state index >= 15 is 0 Å². The Balaban J connectivity index is 2.15. The zero-order valence-electron chi connectivity index (χ0n) is 11.4. The smallest absolute Gasteiger partial charge is 0.0133 e. The number of hydrogen-bond acceptors (Lipinski definition) is 2. The molecular weight excluding hydrogens is 196 g/mol. The lowest BCUT2D eigenvalue weighted by Crippen LogP contribution is -2.48. The van der Waals surface area contributed by atoms with Gasteiger partial charge in [-0.05, 0) is 44.1 Å². The summed E-state index contributed by atoms with van der Waals surface area (Å²) in [5, 5.41) is 3.77. The number of nitrogens with zero attached hydrogens (tertiary/aromatic N) is 1. The highest BCUT2D eigenvalue weighted by Gasteiger charge is 2.40. The summed E-state index contributed by atoms with van der Waals surface area (Å²) in [6.45, 7) is 9.63. The predicted molar refractivity (Wildman–Crippen MR) is 69.6 cm³/mol. The Labute approximate surface area is 101 Å². The third-order valence-corrected chi connectivity index (χ3v) is 4.79. The van der Waals surface area contributed by atoms with Crippen LogP contribution in [0.1, 0.15) is 46.5 Å². The summed E-state index contributed by atoms with van der Waals surface area (Å²) >= 11 is 0. The van der Waals surface area contributed by atoms with Crippen molar-refractivity contribution in [3.8, 4) is 0 Å². The van der Waals surface area contributed by atoms with Crippen LogP contribution >= 0.6 is 0 Å². The summed E-state index contributed by atoms with van der Waals surface area (Å²) in [6.07, 6.45) is 5.46. The third-order valence-electron chi connectivity index (χ3n) is 4.79. The van der Waals surface area contributed by atoms with Crippen molar-refractivity contribution in [1.29, 1.82) is 0 Å². The SMILES string of the molecule is CC[C@H]1[C@@H]2CC(C)(C)CCC2NCCN1C. The van der Waals surface area contributed by atoms with Crippen LogP contribution in [0.4, 0.5) is 0 Å². The Morgan fingerprint density at radius 2 is 2.12 bits per heavy atom. The van der Waals surface area contributed by atoms with E-state index in [0.29, 0.717) is 5.41 Å². The van der Waals surface area contributed by atoms with Gasteiger partial charge in [0, 0.05) is 25.2 Å². The van der Waals surface area contributed by atoms with Crippen molar-refractivity contribution in [2.45, 2.75) is 58.5 Å². The first-order valence-corrected chi connectivity index (χ1v) is 6.97. The Hall–Kier alpha value is -0.0800. The topological polar surface area (TPSA) is 15.3 Å². The van der Waals surface area contributed by atoms with Crippen LogP contribution in [0.25, 0.3) is 0 Å². The highest BCUT2D eigenvalue weighted by atomic mass is 15.2. The van der Waals surface area contributed by atoms with Gasteiger partial charge in [-0.3, -0.25) is 0 Å². The van der Waals surface area contributed by atoms with Crippen molar-refractivity contribution in [3.63, 3.8) is 0 Å². The summed E-state index contributed by atoms with van der Waals surface area (Å²) in [5.41, 5.74) is 0.557. The Bertz CT molecular complexity index is 237. The minimum atomic E-state index is 0.557. The molecule has 2 rings (SSSR count). The van der Waals surface area contributed by atoms with Gasteiger partial charge in [0.05, 0.1) is 0 Å². The lowest BCUT2D eigenvalue weighted by molar-refractivity contribution is 0.0815. The molecule has 0 radical (unpaired) electrons. The van der Waals surface area contributed by atoms with Gasteiger partial charge in [-0.15, -0.1) is 0 Å². The van der Waals surface area contributed by atoms with Gasteiger partial charge in [-0.2, -0.15) is 0 Å².